The van der Waals surface area contributed by atoms with E-state index in [2.05, 4.69) is 0 Å². The Hall–Kier alpha value is -0.663. The van der Waals surface area contributed by atoms with Crippen molar-refractivity contribution in [3.63, 3.8) is 0 Å². The molecule has 16 heavy (non-hydrogen) atoms. The first kappa shape index (κ1) is 15.3. The number of alkyl halides is 5. The molecule has 0 rings (SSSR count). The van der Waals surface area contributed by atoms with E-state index in [0.717, 1.165) is 7.05 Å². The molecule has 0 aliphatic carbocycles. The predicted octanol–water partition coefficient (Wildman–Crippen LogP) is 2.52. The molecule has 0 bridgehead atoms. The average Bonchev–Trinajstić information content (AvgIpc) is 2.13. The van der Waals surface area contributed by atoms with Gasteiger partial charge in [0.2, 0.25) is 0 Å². The summed E-state index contributed by atoms with van der Waals surface area (Å²) in [5, 5.41) is 0. The van der Waals surface area contributed by atoms with Crippen LogP contribution in [0.3, 0.4) is 0 Å². The molecule has 96 valence electrons. The summed E-state index contributed by atoms with van der Waals surface area (Å²) in [6, 6.07) is 0. The van der Waals surface area contributed by atoms with E-state index in [-0.39, 0.29) is 0 Å². The SMILES string of the molecule is CN(C(=O)C(F)(F)C(F)(F)CF)[Si](C)(C)C. The van der Waals surface area contributed by atoms with Crippen molar-refractivity contribution in [2.24, 2.45) is 0 Å². The zero-order valence-corrected chi connectivity index (χ0v) is 10.5. The van der Waals surface area contributed by atoms with E-state index in [0.29, 0.717) is 4.57 Å². The molecular weight excluding hydrogens is 249 g/mol. The van der Waals surface area contributed by atoms with Crippen molar-refractivity contribution in [1.29, 1.82) is 0 Å². The monoisotopic (exact) mass is 263 g/mol. The molecule has 1 amide bonds. The Morgan fingerprint density at radius 1 is 1.19 bits per heavy atom. The quantitative estimate of drug-likeness (QED) is 0.564. The van der Waals surface area contributed by atoms with Gasteiger partial charge >= 0.3 is 11.8 Å². The van der Waals surface area contributed by atoms with E-state index in [4.69, 9.17) is 0 Å². The summed E-state index contributed by atoms with van der Waals surface area (Å²) in [4.78, 5) is 11.2. The third-order valence-electron chi connectivity index (χ3n) is 2.21. The van der Waals surface area contributed by atoms with Crippen LogP contribution in [0.5, 0.6) is 0 Å². The van der Waals surface area contributed by atoms with Crippen LogP contribution >= 0.6 is 0 Å². The second-order valence-electron chi connectivity index (χ2n) is 4.45. The van der Waals surface area contributed by atoms with Gasteiger partial charge in [-0.1, -0.05) is 19.6 Å². The number of carbonyl (C=O) groups is 1. The molecule has 0 aromatic heterocycles. The number of nitrogens with zero attached hydrogens (tertiary/aromatic N) is 1. The summed E-state index contributed by atoms with van der Waals surface area (Å²) in [5.41, 5.74) is 0. The third-order valence-corrected chi connectivity index (χ3v) is 4.42. The molecule has 0 radical (unpaired) electrons. The Morgan fingerprint density at radius 3 is 1.81 bits per heavy atom. The van der Waals surface area contributed by atoms with Crippen LogP contribution in [0, 0.1) is 0 Å². The number of amides is 1. The normalized spacial score (nSPS) is 13.8. The lowest BCUT2D eigenvalue weighted by molar-refractivity contribution is -0.218. The van der Waals surface area contributed by atoms with Crippen molar-refractivity contribution in [3.05, 3.63) is 0 Å². The van der Waals surface area contributed by atoms with E-state index in [1.807, 2.05) is 0 Å². The molecule has 0 N–H and O–H groups in total. The lowest BCUT2D eigenvalue weighted by atomic mass is 10.2. The molecule has 0 aliphatic heterocycles. The molecule has 8 heteroatoms. The molecule has 0 aliphatic rings. The largest absolute Gasteiger partial charge is 0.388 e. The Morgan fingerprint density at radius 2 is 1.56 bits per heavy atom. The van der Waals surface area contributed by atoms with Crippen LogP contribution in [0.15, 0.2) is 0 Å². The van der Waals surface area contributed by atoms with Crippen LogP contribution in [0.1, 0.15) is 0 Å². The van der Waals surface area contributed by atoms with Gasteiger partial charge in [0.25, 0.3) is 5.91 Å². The van der Waals surface area contributed by atoms with Gasteiger partial charge in [0.05, 0.1) is 0 Å². The Labute approximate surface area is 91.5 Å². The molecule has 0 atom stereocenters. The average molecular weight is 263 g/mol. The maximum atomic E-state index is 13.0. The van der Waals surface area contributed by atoms with Gasteiger partial charge in [-0.15, -0.1) is 0 Å². The van der Waals surface area contributed by atoms with Gasteiger partial charge in [-0.2, -0.15) is 17.6 Å². The Balaban J connectivity index is 5.13. The summed E-state index contributed by atoms with van der Waals surface area (Å²) in [7, 11) is -1.45. The lowest BCUT2D eigenvalue weighted by Crippen LogP contribution is -2.59. The van der Waals surface area contributed by atoms with Crippen molar-refractivity contribution in [3.8, 4) is 0 Å². The molecule has 0 aromatic rings. The van der Waals surface area contributed by atoms with Crippen molar-refractivity contribution in [2.45, 2.75) is 31.5 Å². The van der Waals surface area contributed by atoms with Gasteiger partial charge in [0.1, 0.15) is 0 Å². The fraction of sp³-hybridized carbons (Fsp3) is 0.875. The second-order valence-corrected chi connectivity index (χ2v) is 9.46. The summed E-state index contributed by atoms with van der Waals surface area (Å²) in [6.45, 7) is 2.04. The molecule has 0 saturated carbocycles. The van der Waals surface area contributed by atoms with Gasteiger partial charge in [-0.25, -0.2) is 4.39 Å². The molecule has 0 unspecified atom stereocenters. The first-order valence-corrected chi connectivity index (χ1v) is 7.92. The molecular formula is C8H14F5NOSi. The van der Waals surface area contributed by atoms with E-state index in [1.165, 1.54) is 19.6 Å². The van der Waals surface area contributed by atoms with Gasteiger partial charge in [0.15, 0.2) is 14.9 Å². The minimum atomic E-state index is -5.00. The fourth-order valence-corrected chi connectivity index (χ4v) is 1.51. The molecule has 0 heterocycles. The van der Waals surface area contributed by atoms with Crippen LogP contribution in [0.2, 0.25) is 19.6 Å². The molecule has 0 saturated heterocycles. The van der Waals surface area contributed by atoms with E-state index in [1.54, 1.807) is 0 Å². The minimum absolute atomic E-state index is 0.608. The molecule has 0 spiro atoms. The van der Waals surface area contributed by atoms with E-state index < -0.39 is 32.7 Å². The van der Waals surface area contributed by atoms with Crippen molar-refractivity contribution in [2.75, 3.05) is 13.7 Å². The summed E-state index contributed by atoms with van der Waals surface area (Å²) < 4.78 is 63.6. The maximum absolute atomic E-state index is 13.0. The molecule has 2 nitrogen and oxygen atoms in total. The number of hydrogen-bond acceptors (Lipinski definition) is 1. The molecule has 0 fully saturated rings. The summed E-state index contributed by atoms with van der Waals surface area (Å²) in [5.74, 6) is -12.0. The van der Waals surface area contributed by atoms with Crippen molar-refractivity contribution >= 4 is 14.1 Å². The van der Waals surface area contributed by atoms with Crippen molar-refractivity contribution < 1.29 is 26.7 Å². The van der Waals surface area contributed by atoms with Crippen LogP contribution in [0.4, 0.5) is 22.0 Å². The number of hydrogen-bond donors (Lipinski definition) is 0. The lowest BCUT2D eigenvalue weighted by Gasteiger charge is -2.34. The van der Waals surface area contributed by atoms with Crippen molar-refractivity contribution in [1.82, 2.24) is 4.57 Å². The molecule has 0 aromatic carbocycles. The fourth-order valence-electron chi connectivity index (χ4n) is 0.756. The highest BCUT2D eigenvalue weighted by Crippen LogP contribution is 2.36. The Bertz CT molecular complexity index is 276. The summed E-state index contributed by atoms with van der Waals surface area (Å²) >= 11 is 0. The van der Waals surface area contributed by atoms with Crippen LogP contribution in [-0.4, -0.2) is 44.3 Å². The first-order valence-electron chi connectivity index (χ1n) is 4.48. The van der Waals surface area contributed by atoms with Gasteiger partial charge < -0.3 is 4.57 Å². The topological polar surface area (TPSA) is 20.3 Å². The van der Waals surface area contributed by atoms with Gasteiger partial charge in [0, 0.05) is 7.05 Å². The zero-order chi connectivity index (χ0) is 13.4. The maximum Gasteiger partial charge on any atom is 0.388 e. The van der Waals surface area contributed by atoms with E-state index >= 15 is 0 Å². The predicted molar refractivity (Wildman–Crippen MR) is 52.0 cm³/mol. The van der Waals surface area contributed by atoms with Gasteiger partial charge in [-0.05, 0) is 0 Å². The van der Waals surface area contributed by atoms with Crippen LogP contribution < -0.4 is 0 Å². The second kappa shape index (κ2) is 4.31. The minimum Gasteiger partial charge on any atom is -0.367 e. The third kappa shape index (κ3) is 2.72. The Kier molecular flexibility index (Phi) is 4.13. The standard InChI is InChI=1S/C8H14F5NOSi/c1-14(16(2,3)4)6(15)8(12,13)7(10,11)5-9/h5H2,1-4H3. The summed E-state index contributed by atoms with van der Waals surface area (Å²) in [6.07, 6.45) is 0. The highest BCUT2D eigenvalue weighted by Gasteiger charge is 2.63. The smallest absolute Gasteiger partial charge is 0.367 e. The zero-order valence-electron chi connectivity index (χ0n) is 9.45. The highest BCUT2D eigenvalue weighted by atomic mass is 28.3. The van der Waals surface area contributed by atoms with Crippen LogP contribution in [0.25, 0.3) is 0 Å². The number of carbonyl (C=O) groups excluding carboxylic acids is 1. The van der Waals surface area contributed by atoms with E-state index in [9.17, 15) is 26.7 Å². The number of halogens is 5. The first-order chi connectivity index (χ1) is 6.88. The van der Waals surface area contributed by atoms with Crippen LogP contribution in [-0.2, 0) is 4.79 Å². The van der Waals surface area contributed by atoms with Gasteiger partial charge in [-0.3, -0.25) is 4.79 Å². The highest BCUT2D eigenvalue weighted by molar-refractivity contribution is 6.75. The number of rotatable bonds is 4.